The highest BCUT2D eigenvalue weighted by atomic mass is 35.5. The van der Waals surface area contributed by atoms with Gasteiger partial charge in [0.1, 0.15) is 0 Å². The van der Waals surface area contributed by atoms with Crippen LogP contribution in [0.25, 0.3) is 4.96 Å². The Balaban J connectivity index is 1.59. The molecule has 0 aliphatic rings. The van der Waals surface area contributed by atoms with Crippen LogP contribution in [0.3, 0.4) is 0 Å². The number of thiazole rings is 1. The number of aryl methyl sites for hydroxylation is 2. The van der Waals surface area contributed by atoms with Gasteiger partial charge < -0.3 is 0 Å². The van der Waals surface area contributed by atoms with Crippen molar-refractivity contribution in [2.45, 2.75) is 19.8 Å². The maximum atomic E-state index is 11.9. The Labute approximate surface area is 130 Å². The number of halogens is 1. The highest BCUT2D eigenvalue weighted by Crippen LogP contribution is 2.16. The first-order valence-electron chi connectivity index (χ1n) is 6.47. The van der Waals surface area contributed by atoms with Crippen LogP contribution in [0, 0.1) is 6.92 Å². The van der Waals surface area contributed by atoms with Gasteiger partial charge >= 0.3 is 0 Å². The third-order valence-electron chi connectivity index (χ3n) is 3.05. The van der Waals surface area contributed by atoms with E-state index in [-0.39, 0.29) is 5.91 Å². The number of nitrogens with one attached hydrogen (secondary N) is 1. The van der Waals surface area contributed by atoms with Crippen LogP contribution in [-0.2, 0) is 11.2 Å². The van der Waals surface area contributed by atoms with Gasteiger partial charge in [0.05, 0.1) is 5.69 Å². The molecule has 0 spiro atoms. The highest BCUT2D eigenvalue weighted by Gasteiger charge is 2.10. The van der Waals surface area contributed by atoms with Gasteiger partial charge in [-0.2, -0.15) is 4.98 Å². The quantitative estimate of drug-likeness (QED) is 0.802. The normalized spacial score (nSPS) is 11.0. The van der Waals surface area contributed by atoms with Crippen LogP contribution in [0.2, 0.25) is 5.02 Å². The number of carbonyl (C=O) groups excluding carboxylic acids is 1. The van der Waals surface area contributed by atoms with Crippen molar-refractivity contribution in [2.75, 3.05) is 5.32 Å². The van der Waals surface area contributed by atoms with E-state index in [1.807, 2.05) is 36.6 Å². The van der Waals surface area contributed by atoms with Crippen molar-refractivity contribution in [3.63, 3.8) is 0 Å². The van der Waals surface area contributed by atoms with Crippen LogP contribution in [0.1, 0.15) is 17.7 Å². The third kappa shape index (κ3) is 3.22. The molecule has 3 aromatic rings. The van der Waals surface area contributed by atoms with Crippen LogP contribution in [0.5, 0.6) is 0 Å². The molecule has 0 atom stereocenters. The fourth-order valence-electron chi connectivity index (χ4n) is 1.94. The van der Waals surface area contributed by atoms with Crippen molar-refractivity contribution in [2.24, 2.45) is 0 Å². The average Bonchev–Trinajstić information content (AvgIpc) is 3.00. The minimum absolute atomic E-state index is 0.0964. The highest BCUT2D eigenvalue weighted by molar-refractivity contribution is 7.15. The van der Waals surface area contributed by atoms with Gasteiger partial charge in [-0.15, -0.1) is 16.4 Å². The van der Waals surface area contributed by atoms with Gasteiger partial charge in [0.15, 0.2) is 0 Å². The number of hydrogen-bond donors (Lipinski definition) is 1. The predicted molar refractivity (Wildman–Crippen MR) is 84.0 cm³/mol. The van der Waals surface area contributed by atoms with E-state index in [9.17, 15) is 4.79 Å². The summed E-state index contributed by atoms with van der Waals surface area (Å²) in [5.74, 6) is 0.256. The number of benzene rings is 1. The Hall–Kier alpha value is -1.92. The van der Waals surface area contributed by atoms with Crippen LogP contribution in [0.4, 0.5) is 5.95 Å². The number of amides is 1. The van der Waals surface area contributed by atoms with Gasteiger partial charge in [-0.1, -0.05) is 23.7 Å². The number of rotatable bonds is 4. The molecule has 5 nitrogen and oxygen atoms in total. The lowest BCUT2D eigenvalue weighted by molar-refractivity contribution is -0.116. The van der Waals surface area contributed by atoms with Crippen LogP contribution >= 0.6 is 22.9 Å². The molecule has 0 aliphatic carbocycles. The molecule has 21 heavy (non-hydrogen) atoms. The van der Waals surface area contributed by atoms with Crippen molar-refractivity contribution < 1.29 is 4.79 Å². The lowest BCUT2D eigenvalue weighted by Crippen LogP contribution is -2.13. The first-order chi connectivity index (χ1) is 10.1. The fraction of sp³-hybridized carbons (Fsp3) is 0.214. The molecule has 2 aromatic heterocycles. The third-order valence-corrected chi connectivity index (χ3v) is 4.24. The molecule has 0 saturated carbocycles. The molecule has 0 bridgehead atoms. The number of hydrogen-bond acceptors (Lipinski definition) is 4. The van der Waals surface area contributed by atoms with Gasteiger partial charge in [-0.25, -0.2) is 4.52 Å². The van der Waals surface area contributed by atoms with Crippen molar-refractivity contribution in [3.05, 3.63) is 45.9 Å². The summed E-state index contributed by atoms with van der Waals surface area (Å²) in [5.41, 5.74) is 2.08. The summed E-state index contributed by atoms with van der Waals surface area (Å²) in [5, 5.41) is 9.64. The SMILES string of the molecule is Cc1csc2nc(NC(=O)CCc3ccc(Cl)cc3)nn12. The summed E-state index contributed by atoms with van der Waals surface area (Å²) in [6.07, 6.45) is 1.04. The topological polar surface area (TPSA) is 59.3 Å². The molecule has 1 N–H and O–H groups in total. The monoisotopic (exact) mass is 320 g/mol. The Morgan fingerprint density at radius 1 is 1.38 bits per heavy atom. The Morgan fingerprint density at radius 3 is 2.86 bits per heavy atom. The summed E-state index contributed by atoms with van der Waals surface area (Å²) in [4.78, 5) is 17.0. The van der Waals surface area contributed by atoms with Crippen molar-refractivity contribution in [1.82, 2.24) is 14.6 Å². The molecule has 0 fully saturated rings. The summed E-state index contributed by atoms with van der Waals surface area (Å²) in [6.45, 7) is 1.95. The van der Waals surface area contributed by atoms with E-state index in [4.69, 9.17) is 11.6 Å². The second-order valence-corrected chi connectivity index (χ2v) is 5.95. The zero-order chi connectivity index (χ0) is 14.8. The van der Waals surface area contributed by atoms with Crippen molar-refractivity contribution in [3.8, 4) is 0 Å². The average molecular weight is 321 g/mol. The molecule has 108 valence electrons. The summed E-state index contributed by atoms with van der Waals surface area (Å²) < 4.78 is 1.72. The van der Waals surface area contributed by atoms with E-state index in [0.29, 0.717) is 23.8 Å². The minimum Gasteiger partial charge on any atom is -0.293 e. The van der Waals surface area contributed by atoms with E-state index in [1.165, 1.54) is 11.3 Å². The van der Waals surface area contributed by atoms with Gasteiger partial charge in [0, 0.05) is 16.8 Å². The van der Waals surface area contributed by atoms with E-state index >= 15 is 0 Å². The molecule has 1 aromatic carbocycles. The molecule has 0 saturated heterocycles. The summed E-state index contributed by atoms with van der Waals surface area (Å²) in [7, 11) is 0. The number of fused-ring (bicyclic) bond motifs is 1. The molecule has 0 radical (unpaired) electrons. The first kappa shape index (κ1) is 14.0. The number of aromatic nitrogens is 3. The van der Waals surface area contributed by atoms with Crippen LogP contribution < -0.4 is 5.32 Å². The number of anilines is 1. The van der Waals surface area contributed by atoms with E-state index in [0.717, 1.165) is 16.2 Å². The second-order valence-electron chi connectivity index (χ2n) is 4.68. The van der Waals surface area contributed by atoms with E-state index < -0.39 is 0 Å². The van der Waals surface area contributed by atoms with Gasteiger partial charge in [0.25, 0.3) is 0 Å². The Morgan fingerprint density at radius 2 is 2.14 bits per heavy atom. The number of nitrogens with zero attached hydrogens (tertiary/aromatic N) is 3. The molecular formula is C14H13ClN4OS. The molecule has 1 amide bonds. The lowest BCUT2D eigenvalue weighted by atomic mass is 10.1. The molecular weight excluding hydrogens is 308 g/mol. The second kappa shape index (κ2) is 5.83. The first-order valence-corrected chi connectivity index (χ1v) is 7.73. The Kier molecular flexibility index (Phi) is 3.90. The minimum atomic E-state index is -0.0964. The maximum absolute atomic E-state index is 11.9. The fourth-order valence-corrected chi connectivity index (χ4v) is 2.87. The van der Waals surface area contributed by atoms with Crippen molar-refractivity contribution in [1.29, 1.82) is 0 Å². The zero-order valence-electron chi connectivity index (χ0n) is 11.3. The van der Waals surface area contributed by atoms with Crippen molar-refractivity contribution >= 4 is 39.8 Å². The molecule has 7 heteroatoms. The maximum Gasteiger partial charge on any atom is 0.250 e. The van der Waals surface area contributed by atoms with E-state index in [1.54, 1.807) is 4.52 Å². The van der Waals surface area contributed by atoms with Gasteiger partial charge in [-0.3, -0.25) is 10.1 Å². The Bertz CT molecular complexity index is 778. The molecule has 3 rings (SSSR count). The summed E-state index contributed by atoms with van der Waals surface area (Å²) in [6, 6.07) is 7.49. The lowest BCUT2D eigenvalue weighted by Gasteiger charge is -2.02. The van der Waals surface area contributed by atoms with E-state index in [2.05, 4.69) is 15.4 Å². The zero-order valence-corrected chi connectivity index (χ0v) is 12.9. The molecule has 0 aliphatic heterocycles. The van der Waals surface area contributed by atoms with Crippen LogP contribution in [-0.4, -0.2) is 20.5 Å². The van der Waals surface area contributed by atoms with Gasteiger partial charge in [0.2, 0.25) is 16.8 Å². The largest absolute Gasteiger partial charge is 0.293 e. The molecule has 2 heterocycles. The predicted octanol–water partition coefficient (Wildman–Crippen LogP) is 3.32. The van der Waals surface area contributed by atoms with Gasteiger partial charge in [-0.05, 0) is 31.0 Å². The number of carbonyl (C=O) groups is 1. The summed E-state index contributed by atoms with van der Waals surface area (Å²) >= 11 is 7.32. The smallest absolute Gasteiger partial charge is 0.250 e. The standard InChI is InChI=1S/C14H13ClN4OS/c1-9-8-21-14-17-13(18-19(9)14)16-12(20)7-4-10-2-5-11(15)6-3-10/h2-3,5-6,8H,4,7H2,1H3,(H,16,18,20). The van der Waals surface area contributed by atoms with Crippen LogP contribution in [0.15, 0.2) is 29.6 Å². The molecule has 0 unspecified atom stereocenters.